The fourth-order valence-electron chi connectivity index (χ4n) is 2.68. The standard InChI is InChI=1S/C19H17N5OS/c1-12-8-16(15-5-4-6-21-10-15)17(9-20)19(22-12)26-11-18(25)24-14(3)7-13(2)23-24/h4-8,10H,11H2,1-3H3. The van der Waals surface area contributed by atoms with Crippen LogP contribution in [0.4, 0.5) is 0 Å². The van der Waals surface area contributed by atoms with E-state index in [2.05, 4.69) is 21.1 Å². The van der Waals surface area contributed by atoms with Crippen LogP contribution in [0, 0.1) is 32.1 Å². The van der Waals surface area contributed by atoms with Crippen molar-refractivity contribution in [1.82, 2.24) is 19.7 Å². The lowest BCUT2D eigenvalue weighted by atomic mass is 10.0. The van der Waals surface area contributed by atoms with Crippen molar-refractivity contribution in [1.29, 1.82) is 5.26 Å². The Kier molecular flexibility index (Phi) is 5.14. The predicted molar refractivity (Wildman–Crippen MR) is 100.0 cm³/mol. The summed E-state index contributed by atoms with van der Waals surface area (Å²) in [5.41, 5.74) is 4.45. The number of aryl methyl sites for hydroxylation is 3. The molecule has 0 fully saturated rings. The molecule has 3 rings (SSSR count). The highest BCUT2D eigenvalue weighted by molar-refractivity contribution is 8.00. The minimum Gasteiger partial charge on any atom is -0.272 e. The molecule has 0 aliphatic heterocycles. The van der Waals surface area contributed by atoms with Gasteiger partial charge in [0.1, 0.15) is 11.1 Å². The first-order chi connectivity index (χ1) is 12.5. The minimum atomic E-state index is -0.143. The van der Waals surface area contributed by atoms with Gasteiger partial charge in [-0.15, -0.1) is 0 Å². The Morgan fingerprint density at radius 3 is 2.69 bits per heavy atom. The summed E-state index contributed by atoms with van der Waals surface area (Å²) >= 11 is 1.25. The topological polar surface area (TPSA) is 84.5 Å². The van der Waals surface area contributed by atoms with Crippen LogP contribution in [0.5, 0.6) is 0 Å². The smallest absolute Gasteiger partial charge is 0.257 e. The van der Waals surface area contributed by atoms with Crippen LogP contribution in [0.25, 0.3) is 11.1 Å². The monoisotopic (exact) mass is 363 g/mol. The lowest BCUT2D eigenvalue weighted by Crippen LogP contribution is -2.16. The largest absolute Gasteiger partial charge is 0.272 e. The number of hydrogen-bond donors (Lipinski definition) is 0. The third kappa shape index (κ3) is 3.65. The fourth-order valence-corrected chi connectivity index (χ4v) is 3.57. The van der Waals surface area contributed by atoms with Crippen molar-refractivity contribution in [3.8, 4) is 17.2 Å². The first kappa shape index (κ1) is 17.8. The Hall–Kier alpha value is -2.98. The zero-order chi connectivity index (χ0) is 18.7. The lowest BCUT2D eigenvalue weighted by Gasteiger charge is -2.10. The van der Waals surface area contributed by atoms with E-state index in [9.17, 15) is 10.1 Å². The second-order valence-corrected chi connectivity index (χ2v) is 6.83. The van der Waals surface area contributed by atoms with E-state index in [0.29, 0.717) is 10.6 Å². The maximum atomic E-state index is 12.5. The molecular formula is C19H17N5OS. The van der Waals surface area contributed by atoms with Gasteiger partial charge in [0.05, 0.1) is 17.0 Å². The van der Waals surface area contributed by atoms with E-state index in [1.165, 1.54) is 16.4 Å². The van der Waals surface area contributed by atoms with E-state index in [1.807, 2.05) is 45.0 Å². The van der Waals surface area contributed by atoms with E-state index >= 15 is 0 Å². The van der Waals surface area contributed by atoms with E-state index in [4.69, 9.17) is 0 Å². The summed E-state index contributed by atoms with van der Waals surface area (Å²) < 4.78 is 1.40. The zero-order valence-corrected chi connectivity index (χ0v) is 15.5. The molecule has 0 N–H and O–H groups in total. The van der Waals surface area contributed by atoms with Crippen LogP contribution in [-0.2, 0) is 0 Å². The van der Waals surface area contributed by atoms with Crippen LogP contribution in [0.2, 0.25) is 0 Å². The molecule has 0 saturated heterocycles. The van der Waals surface area contributed by atoms with Crippen LogP contribution in [0.3, 0.4) is 0 Å². The number of nitrogens with zero attached hydrogens (tertiary/aromatic N) is 5. The number of hydrogen-bond acceptors (Lipinski definition) is 6. The van der Waals surface area contributed by atoms with Gasteiger partial charge >= 0.3 is 0 Å². The third-order valence-corrected chi connectivity index (χ3v) is 4.74. The lowest BCUT2D eigenvalue weighted by molar-refractivity contribution is 0.0924. The molecule has 0 unspecified atom stereocenters. The Morgan fingerprint density at radius 2 is 2.08 bits per heavy atom. The fraction of sp³-hybridized carbons (Fsp3) is 0.211. The SMILES string of the molecule is Cc1cc(-c2cccnc2)c(C#N)c(SCC(=O)n2nc(C)cc2C)n1. The average Bonchev–Trinajstić information content (AvgIpc) is 2.98. The van der Waals surface area contributed by atoms with Gasteiger partial charge in [0.15, 0.2) is 0 Å². The highest BCUT2D eigenvalue weighted by Gasteiger charge is 2.17. The van der Waals surface area contributed by atoms with Crippen molar-refractivity contribution in [2.45, 2.75) is 25.8 Å². The third-order valence-electron chi connectivity index (χ3n) is 3.78. The molecule has 0 saturated carbocycles. The molecule has 0 atom stereocenters. The van der Waals surface area contributed by atoms with Gasteiger partial charge in [-0.1, -0.05) is 17.8 Å². The van der Waals surface area contributed by atoms with E-state index in [-0.39, 0.29) is 11.7 Å². The molecule has 3 aromatic heterocycles. The van der Waals surface area contributed by atoms with Crippen molar-refractivity contribution >= 4 is 17.7 Å². The Bertz CT molecular complexity index is 1000. The Balaban J connectivity index is 1.91. The van der Waals surface area contributed by atoms with E-state index in [0.717, 1.165) is 28.2 Å². The highest BCUT2D eigenvalue weighted by Crippen LogP contribution is 2.30. The summed E-state index contributed by atoms with van der Waals surface area (Å²) in [4.78, 5) is 21.0. The van der Waals surface area contributed by atoms with Crippen molar-refractivity contribution in [3.63, 3.8) is 0 Å². The number of carbonyl (C=O) groups is 1. The van der Waals surface area contributed by atoms with Gasteiger partial charge in [-0.25, -0.2) is 9.67 Å². The molecule has 3 aromatic rings. The van der Waals surface area contributed by atoms with Gasteiger partial charge in [-0.3, -0.25) is 9.78 Å². The number of pyridine rings is 2. The van der Waals surface area contributed by atoms with Crippen LogP contribution in [-0.4, -0.2) is 31.4 Å². The molecule has 0 amide bonds. The molecule has 0 aliphatic carbocycles. The first-order valence-corrected chi connectivity index (χ1v) is 8.99. The molecule has 130 valence electrons. The molecule has 3 heterocycles. The van der Waals surface area contributed by atoms with Crippen LogP contribution in [0.1, 0.15) is 27.4 Å². The number of thioether (sulfide) groups is 1. The minimum absolute atomic E-state index is 0.143. The van der Waals surface area contributed by atoms with Crippen molar-refractivity contribution in [3.05, 3.63) is 59.3 Å². The van der Waals surface area contributed by atoms with E-state index < -0.39 is 0 Å². The molecule has 7 heteroatoms. The zero-order valence-electron chi connectivity index (χ0n) is 14.7. The van der Waals surface area contributed by atoms with Gasteiger partial charge < -0.3 is 0 Å². The molecule has 0 spiro atoms. The predicted octanol–water partition coefficient (Wildman–Crippen LogP) is 3.57. The van der Waals surface area contributed by atoms with Gasteiger partial charge in [0.25, 0.3) is 5.91 Å². The van der Waals surface area contributed by atoms with Crippen LogP contribution < -0.4 is 0 Å². The van der Waals surface area contributed by atoms with Crippen molar-refractivity contribution < 1.29 is 4.79 Å². The Labute approximate surface area is 155 Å². The van der Waals surface area contributed by atoms with E-state index in [1.54, 1.807) is 12.4 Å². The van der Waals surface area contributed by atoms with Gasteiger partial charge in [0.2, 0.25) is 0 Å². The molecule has 6 nitrogen and oxygen atoms in total. The molecular weight excluding hydrogens is 346 g/mol. The normalized spacial score (nSPS) is 10.5. The molecule has 26 heavy (non-hydrogen) atoms. The molecule has 0 bridgehead atoms. The summed E-state index contributed by atoms with van der Waals surface area (Å²) in [6, 6.07) is 9.67. The number of rotatable bonds is 4. The number of carbonyl (C=O) groups excluding carboxylic acids is 1. The molecule has 0 aromatic carbocycles. The van der Waals surface area contributed by atoms with Gasteiger partial charge in [-0.2, -0.15) is 10.4 Å². The van der Waals surface area contributed by atoms with Crippen LogP contribution >= 0.6 is 11.8 Å². The molecule has 0 aliphatic rings. The average molecular weight is 363 g/mol. The summed E-state index contributed by atoms with van der Waals surface area (Å²) in [5.74, 6) is 0.00951. The maximum absolute atomic E-state index is 12.5. The second-order valence-electron chi connectivity index (χ2n) is 5.87. The van der Waals surface area contributed by atoms with Gasteiger partial charge in [0, 0.05) is 34.9 Å². The van der Waals surface area contributed by atoms with Crippen molar-refractivity contribution in [2.75, 3.05) is 5.75 Å². The van der Waals surface area contributed by atoms with Gasteiger partial charge in [-0.05, 0) is 39.0 Å². The summed E-state index contributed by atoms with van der Waals surface area (Å²) in [5, 5.41) is 14.4. The number of aromatic nitrogens is 4. The maximum Gasteiger partial charge on any atom is 0.257 e. The number of nitriles is 1. The first-order valence-electron chi connectivity index (χ1n) is 8.01. The summed E-state index contributed by atoms with van der Waals surface area (Å²) in [6.45, 7) is 5.56. The second kappa shape index (κ2) is 7.50. The van der Waals surface area contributed by atoms with Crippen LogP contribution in [0.15, 0.2) is 41.7 Å². The summed E-state index contributed by atoms with van der Waals surface area (Å²) in [6.07, 6.45) is 3.40. The van der Waals surface area contributed by atoms with Crippen molar-refractivity contribution in [2.24, 2.45) is 0 Å². The molecule has 0 radical (unpaired) electrons. The highest BCUT2D eigenvalue weighted by atomic mass is 32.2. The summed E-state index contributed by atoms with van der Waals surface area (Å²) in [7, 11) is 0. The Morgan fingerprint density at radius 1 is 1.27 bits per heavy atom. The quantitative estimate of drug-likeness (QED) is 0.659.